The summed E-state index contributed by atoms with van der Waals surface area (Å²) in [4.78, 5) is 8.63. The number of rotatable bonds is 3. The predicted octanol–water partition coefficient (Wildman–Crippen LogP) is 3.06. The van der Waals surface area contributed by atoms with Crippen molar-refractivity contribution in [3.63, 3.8) is 0 Å². The Morgan fingerprint density at radius 1 is 1.22 bits per heavy atom. The van der Waals surface area contributed by atoms with Gasteiger partial charge in [-0.05, 0) is 36.8 Å². The van der Waals surface area contributed by atoms with Crippen molar-refractivity contribution in [2.24, 2.45) is 0 Å². The molecule has 0 unspecified atom stereocenters. The van der Waals surface area contributed by atoms with E-state index in [1.165, 1.54) is 24.8 Å². The smallest absolute Gasteiger partial charge is 0.158 e. The second-order valence-electron chi connectivity index (χ2n) is 6.69. The van der Waals surface area contributed by atoms with Crippen LogP contribution >= 0.6 is 0 Å². The maximum atomic E-state index is 9.33. The third-order valence-electron chi connectivity index (χ3n) is 4.97. The summed E-state index contributed by atoms with van der Waals surface area (Å²) < 4.78 is 1.84. The number of aliphatic hydroxyl groups is 1. The number of hydrogen-bond acceptors (Lipinski definition) is 4. The van der Waals surface area contributed by atoms with Crippen molar-refractivity contribution in [2.45, 2.75) is 45.1 Å². The summed E-state index contributed by atoms with van der Waals surface area (Å²) in [5.74, 6) is 1.12. The van der Waals surface area contributed by atoms with E-state index in [-0.39, 0.29) is 6.61 Å². The number of nitrogens with zero attached hydrogens (tertiary/aromatic N) is 4. The third kappa shape index (κ3) is 2.32. The first-order valence-electron chi connectivity index (χ1n) is 8.03. The van der Waals surface area contributed by atoms with Gasteiger partial charge in [0.15, 0.2) is 11.6 Å². The Balaban J connectivity index is 1.87. The molecular formula is C18H20N4O. The van der Waals surface area contributed by atoms with Crippen LogP contribution in [0.1, 0.15) is 43.3 Å². The second kappa shape index (κ2) is 5.13. The van der Waals surface area contributed by atoms with Crippen LogP contribution in [-0.2, 0) is 12.0 Å². The monoisotopic (exact) mass is 308 g/mol. The fourth-order valence-electron chi connectivity index (χ4n) is 3.36. The van der Waals surface area contributed by atoms with E-state index in [0.717, 1.165) is 16.6 Å². The first-order chi connectivity index (χ1) is 11.1. The lowest BCUT2D eigenvalue weighted by Gasteiger charge is -2.39. The van der Waals surface area contributed by atoms with E-state index in [2.05, 4.69) is 40.2 Å². The molecule has 2 aromatic heterocycles. The number of aromatic nitrogens is 4. The molecule has 118 valence electrons. The first-order valence-corrected chi connectivity index (χ1v) is 8.03. The van der Waals surface area contributed by atoms with Gasteiger partial charge in [-0.3, -0.25) is 0 Å². The average molecular weight is 308 g/mol. The lowest BCUT2D eigenvalue weighted by molar-refractivity contribution is 0.271. The number of fused-ring (bicyclic) bond motifs is 1. The summed E-state index contributed by atoms with van der Waals surface area (Å²) in [7, 11) is 0. The van der Waals surface area contributed by atoms with Crippen LogP contribution in [0.15, 0.2) is 30.5 Å². The van der Waals surface area contributed by atoms with Crippen LogP contribution in [0.3, 0.4) is 0 Å². The molecule has 3 aromatic rings. The van der Waals surface area contributed by atoms with Gasteiger partial charge in [0.2, 0.25) is 0 Å². The van der Waals surface area contributed by atoms with Gasteiger partial charge in [-0.1, -0.05) is 25.5 Å². The van der Waals surface area contributed by atoms with Crippen molar-refractivity contribution >= 4 is 10.9 Å². The molecule has 1 N–H and O–H groups in total. The van der Waals surface area contributed by atoms with Crippen molar-refractivity contribution in [2.75, 3.05) is 0 Å². The predicted molar refractivity (Wildman–Crippen MR) is 88.5 cm³/mol. The highest BCUT2D eigenvalue weighted by atomic mass is 16.3. The minimum absolute atomic E-state index is 0.169. The summed E-state index contributed by atoms with van der Waals surface area (Å²) in [5.41, 5.74) is 3.54. The van der Waals surface area contributed by atoms with Gasteiger partial charge in [0.25, 0.3) is 0 Å². The molecule has 1 aromatic carbocycles. The fourth-order valence-corrected chi connectivity index (χ4v) is 3.36. The van der Waals surface area contributed by atoms with Crippen molar-refractivity contribution in [1.82, 2.24) is 19.7 Å². The van der Waals surface area contributed by atoms with E-state index >= 15 is 0 Å². The van der Waals surface area contributed by atoms with Crippen LogP contribution in [0.2, 0.25) is 0 Å². The zero-order valence-electron chi connectivity index (χ0n) is 13.5. The molecule has 4 rings (SSSR count). The molecule has 1 fully saturated rings. The highest BCUT2D eigenvalue weighted by Crippen LogP contribution is 2.43. The highest BCUT2D eigenvalue weighted by Gasteiger charge is 2.33. The van der Waals surface area contributed by atoms with E-state index in [1.54, 1.807) is 0 Å². The van der Waals surface area contributed by atoms with E-state index in [4.69, 9.17) is 0 Å². The zero-order valence-corrected chi connectivity index (χ0v) is 13.5. The first kappa shape index (κ1) is 14.3. The van der Waals surface area contributed by atoms with E-state index in [9.17, 15) is 5.11 Å². The van der Waals surface area contributed by atoms with Crippen LogP contribution in [0.25, 0.3) is 16.7 Å². The van der Waals surface area contributed by atoms with E-state index < -0.39 is 0 Å². The van der Waals surface area contributed by atoms with Crippen LogP contribution in [0.4, 0.5) is 0 Å². The molecule has 0 atom stereocenters. The summed E-state index contributed by atoms with van der Waals surface area (Å²) >= 11 is 0. The maximum absolute atomic E-state index is 9.33. The minimum Gasteiger partial charge on any atom is -0.388 e. The standard InChI is InChI=1S/C18H20N4O/c1-12-8-17(21-16(11-23)20-12)22-15-9-14(18(2)6-3-7-18)5-4-13(15)10-19-22/h4-5,8-10,23H,3,6-7,11H2,1-2H3. The van der Waals surface area contributed by atoms with E-state index in [0.29, 0.717) is 17.1 Å². The quantitative estimate of drug-likeness (QED) is 0.807. The molecule has 0 amide bonds. The molecule has 0 bridgehead atoms. The van der Waals surface area contributed by atoms with Crippen molar-refractivity contribution in [3.8, 4) is 5.82 Å². The summed E-state index contributed by atoms with van der Waals surface area (Å²) in [6.07, 6.45) is 5.65. The molecule has 2 heterocycles. The molecule has 0 aliphatic heterocycles. The Bertz CT molecular complexity index is 880. The Morgan fingerprint density at radius 2 is 2.04 bits per heavy atom. The lowest BCUT2D eigenvalue weighted by Crippen LogP contribution is -2.30. The van der Waals surface area contributed by atoms with Gasteiger partial charge in [0.1, 0.15) is 6.61 Å². The molecule has 5 nitrogen and oxygen atoms in total. The molecule has 1 aliphatic carbocycles. The lowest BCUT2D eigenvalue weighted by atomic mass is 9.66. The van der Waals surface area contributed by atoms with Gasteiger partial charge < -0.3 is 5.11 Å². The van der Waals surface area contributed by atoms with Crippen LogP contribution < -0.4 is 0 Å². The third-order valence-corrected chi connectivity index (χ3v) is 4.97. The highest BCUT2D eigenvalue weighted by molar-refractivity contribution is 5.81. The van der Waals surface area contributed by atoms with Crippen LogP contribution in [0.5, 0.6) is 0 Å². The number of aliphatic hydroxyl groups excluding tert-OH is 1. The Kier molecular flexibility index (Phi) is 3.20. The molecule has 1 aliphatic rings. The summed E-state index contributed by atoms with van der Waals surface area (Å²) in [6.45, 7) is 4.06. The average Bonchev–Trinajstić information content (AvgIpc) is 2.95. The Hall–Kier alpha value is -2.27. The molecule has 0 spiro atoms. The van der Waals surface area contributed by atoms with Gasteiger partial charge in [0, 0.05) is 17.1 Å². The van der Waals surface area contributed by atoms with Crippen molar-refractivity contribution in [1.29, 1.82) is 0 Å². The largest absolute Gasteiger partial charge is 0.388 e. The van der Waals surface area contributed by atoms with Gasteiger partial charge >= 0.3 is 0 Å². The number of hydrogen-bond donors (Lipinski definition) is 1. The molecule has 5 heteroatoms. The fraction of sp³-hybridized carbons (Fsp3) is 0.389. The normalized spacial score (nSPS) is 16.5. The van der Waals surface area contributed by atoms with Crippen molar-refractivity contribution in [3.05, 3.63) is 47.5 Å². The van der Waals surface area contributed by atoms with Gasteiger partial charge in [-0.15, -0.1) is 0 Å². The maximum Gasteiger partial charge on any atom is 0.158 e. The van der Waals surface area contributed by atoms with Gasteiger partial charge in [-0.25, -0.2) is 14.6 Å². The Labute approximate surface area is 135 Å². The van der Waals surface area contributed by atoms with Gasteiger partial charge in [0.05, 0.1) is 11.7 Å². The Morgan fingerprint density at radius 3 is 2.74 bits per heavy atom. The second-order valence-corrected chi connectivity index (χ2v) is 6.69. The zero-order chi connectivity index (χ0) is 16.0. The van der Waals surface area contributed by atoms with E-state index in [1.807, 2.05) is 23.9 Å². The molecule has 1 saturated carbocycles. The number of benzene rings is 1. The van der Waals surface area contributed by atoms with Gasteiger partial charge in [-0.2, -0.15) is 5.10 Å². The molecule has 0 radical (unpaired) electrons. The number of aryl methyl sites for hydroxylation is 1. The van der Waals surface area contributed by atoms with Crippen LogP contribution in [0, 0.1) is 6.92 Å². The summed E-state index contributed by atoms with van der Waals surface area (Å²) in [5, 5.41) is 14.9. The topological polar surface area (TPSA) is 63.8 Å². The SMILES string of the molecule is Cc1cc(-n2ncc3ccc(C4(C)CCC4)cc32)nc(CO)n1. The molecule has 23 heavy (non-hydrogen) atoms. The molecular weight excluding hydrogens is 288 g/mol. The summed E-state index contributed by atoms with van der Waals surface area (Å²) in [6, 6.07) is 8.48. The molecule has 0 saturated heterocycles. The minimum atomic E-state index is -0.169. The van der Waals surface area contributed by atoms with Crippen LogP contribution in [-0.4, -0.2) is 24.9 Å². The van der Waals surface area contributed by atoms with Crippen molar-refractivity contribution < 1.29 is 5.11 Å².